The van der Waals surface area contributed by atoms with E-state index in [4.69, 9.17) is 0 Å². The molecule has 0 unspecified atom stereocenters. The van der Waals surface area contributed by atoms with E-state index in [-0.39, 0.29) is 18.2 Å². The van der Waals surface area contributed by atoms with Gasteiger partial charge in [0.1, 0.15) is 0 Å². The lowest BCUT2D eigenvalue weighted by molar-refractivity contribution is 0.117. The van der Waals surface area contributed by atoms with Crippen molar-refractivity contribution in [3.8, 4) is 0 Å². The Hall–Kier alpha value is -1.14. The van der Waals surface area contributed by atoms with E-state index in [1.807, 2.05) is 6.92 Å². The molecule has 0 aliphatic heterocycles. The molecule has 0 saturated heterocycles. The molecule has 5 nitrogen and oxygen atoms in total. The van der Waals surface area contributed by atoms with Crippen molar-refractivity contribution in [2.24, 2.45) is 0 Å². The molecule has 100 valence electrons. The van der Waals surface area contributed by atoms with Crippen molar-refractivity contribution in [2.45, 2.75) is 51.3 Å². The van der Waals surface area contributed by atoms with Crippen LogP contribution in [0, 0.1) is 6.92 Å². The number of thiazole rings is 1. The van der Waals surface area contributed by atoms with Crippen LogP contribution in [0.1, 0.15) is 35.6 Å². The largest absolute Gasteiger partial charge is 0.393 e. The van der Waals surface area contributed by atoms with Gasteiger partial charge in [0.15, 0.2) is 0 Å². The van der Waals surface area contributed by atoms with E-state index < -0.39 is 0 Å². The lowest BCUT2D eigenvalue weighted by Gasteiger charge is -2.26. The fraction of sp³-hybridized carbons (Fsp3) is 0.667. The van der Waals surface area contributed by atoms with Gasteiger partial charge in [0.2, 0.25) is 0 Å². The van der Waals surface area contributed by atoms with Crippen molar-refractivity contribution in [3.63, 3.8) is 0 Å². The molecule has 1 heterocycles. The van der Waals surface area contributed by atoms with Gasteiger partial charge in [-0.05, 0) is 32.6 Å². The number of aryl methyl sites for hydroxylation is 1. The number of carbonyl (C=O) groups is 1. The maximum Gasteiger partial charge on any atom is 0.315 e. The number of hydrogen-bond acceptors (Lipinski definition) is 4. The van der Waals surface area contributed by atoms with Gasteiger partial charge in [-0.25, -0.2) is 9.78 Å². The number of nitrogens with zero attached hydrogens (tertiary/aromatic N) is 1. The van der Waals surface area contributed by atoms with Gasteiger partial charge in [0.05, 0.1) is 17.7 Å². The van der Waals surface area contributed by atoms with E-state index in [0.29, 0.717) is 6.54 Å². The van der Waals surface area contributed by atoms with Crippen LogP contribution in [0.4, 0.5) is 4.79 Å². The van der Waals surface area contributed by atoms with Crippen molar-refractivity contribution in [1.29, 1.82) is 0 Å². The predicted molar refractivity (Wildman–Crippen MR) is 70.5 cm³/mol. The van der Waals surface area contributed by atoms with Crippen LogP contribution in [0.25, 0.3) is 0 Å². The summed E-state index contributed by atoms with van der Waals surface area (Å²) in [5.74, 6) is 0. The van der Waals surface area contributed by atoms with Crippen molar-refractivity contribution in [2.75, 3.05) is 0 Å². The van der Waals surface area contributed by atoms with Gasteiger partial charge < -0.3 is 15.7 Å². The lowest BCUT2D eigenvalue weighted by Crippen LogP contribution is -2.43. The van der Waals surface area contributed by atoms with Gasteiger partial charge in [-0.2, -0.15) is 0 Å². The zero-order valence-corrected chi connectivity index (χ0v) is 11.3. The van der Waals surface area contributed by atoms with Gasteiger partial charge in [-0.15, -0.1) is 11.3 Å². The second-order valence-electron chi connectivity index (χ2n) is 4.68. The van der Waals surface area contributed by atoms with E-state index >= 15 is 0 Å². The average Bonchev–Trinajstić information content (AvgIpc) is 2.76. The van der Waals surface area contributed by atoms with Crippen LogP contribution in [-0.4, -0.2) is 28.3 Å². The molecule has 1 aliphatic rings. The maximum absolute atomic E-state index is 11.7. The molecule has 1 aromatic rings. The number of urea groups is 1. The first-order valence-corrected chi connectivity index (χ1v) is 7.09. The molecule has 6 heteroatoms. The molecule has 3 N–H and O–H groups in total. The Kier molecular flexibility index (Phi) is 4.54. The fourth-order valence-corrected chi connectivity index (χ4v) is 2.85. The third-order valence-corrected chi connectivity index (χ3v) is 4.04. The molecule has 1 aliphatic carbocycles. The third-order valence-electron chi connectivity index (χ3n) is 3.12. The van der Waals surface area contributed by atoms with E-state index in [9.17, 15) is 9.90 Å². The molecular formula is C12H19N3O2S. The minimum atomic E-state index is -0.189. The highest BCUT2D eigenvalue weighted by atomic mass is 32.1. The third kappa shape index (κ3) is 3.96. The first-order chi connectivity index (χ1) is 8.63. The SMILES string of the molecule is Cc1ncc(CNC(=O)NC2CCC(O)CC2)s1. The van der Waals surface area contributed by atoms with Crippen molar-refractivity contribution < 1.29 is 9.90 Å². The summed E-state index contributed by atoms with van der Waals surface area (Å²) in [7, 11) is 0. The summed E-state index contributed by atoms with van der Waals surface area (Å²) < 4.78 is 0. The normalized spacial score (nSPS) is 23.7. The highest BCUT2D eigenvalue weighted by Crippen LogP contribution is 2.18. The van der Waals surface area contributed by atoms with E-state index in [1.165, 1.54) is 0 Å². The van der Waals surface area contributed by atoms with Crippen LogP contribution in [0.3, 0.4) is 0 Å². The summed E-state index contributed by atoms with van der Waals surface area (Å²) in [6.07, 6.45) is 4.86. The van der Waals surface area contributed by atoms with E-state index in [1.54, 1.807) is 17.5 Å². The minimum Gasteiger partial charge on any atom is -0.393 e. The first kappa shape index (κ1) is 13.3. The second kappa shape index (κ2) is 6.15. The van der Waals surface area contributed by atoms with Crippen molar-refractivity contribution >= 4 is 17.4 Å². The van der Waals surface area contributed by atoms with E-state index in [2.05, 4.69) is 15.6 Å². The van der Waals surface area contributed by atoms with Gasteiger partial charge in [0, 0.05) is 17.1 Å². The molecule has 0 bridgehead atoms. The Morgan fingerprint density at radius 3 is 2.83 bits per heavy atom. The van der Waals surface area contributed by atoms with Crippen LogP contribution >= 0.6 is 11.3 Å². The Labute approximate surface area is 111 Å². The number of nitrogens with one attached hydrogen (secondary N) is 2. The summed E-state index contributed by atoms with van der Waals surface area (Å²) in [4.78, 5) is 16.9. The molecular weight excluding hydrogens is 250 g/mol. The van der Waals surface area contributed by atoms with Crippen LogP contribution < -0.4 is 10.6 Å². The highest BCUT2D eigenvalue weighted by molar-refractivity contribution is 7.11. The quantitative estimate of drug-likeness (QED) is 0.779. The molecule has 1 saturated carbocycles. The van der Waals surface area contributed by atoms with Gasteiger partial charge in [0.25, 0.3) is 0 Å². The lowest BCUT2D eigenvalue weighted by atomic mass is 9.93. The van der Waals surface area contributed by atoms with Crippen LogP contribution in [0.2, 0.25) is 0 Å². The number of aliphatic hydroxyl groups excluding tert-OH is 1. The standard InChI is InChI=1S/C12H19N3O2S/c1-8-13-6-11(18-8)7-14-12(17)15-9-2-4-10(16)5-3-9/h6,9-10,16H,2-5,7H2,1H3,(H2,14,15,17). The molecule has 1 aromatic heterocycles. The monoisotopic (exact) mass is 269 g/mol. The molecule has 0 spiro atoms. The van der Waals surface area contributed by atoms with Crippen LogP contribution in [0.15, 0.2) is 6.20 Å². The minimum absolute atomic E-state index is 0.137. The topological polar surface area (TPSA) is 74.2 Å². The predicted octanol–water partition coefficient (Wildman–Crippen LogP) is 1.55. The summed E-state index contributed by atoms with van der Waals surface area (Å²) in [6, 6.07) is 0.0547. The maximum atomic E-state index is 11.7. The van der Waals surface area contributed by atoms with Gasteiger partial charge >= 0.3 is 6.03 Å². The molecule has 0 aromatic carbocycles. The number of hydrogen-bond donors (Lipinski definition) is 3. The summed E-state index contributed by atoms with van der Waals surface area (Å²) in [6.45, 7) is 2.47. The average molecular weight is 269 g/mol. The number of aliphatic hydroxyl groups is 1. The number of rotatable bonds is 3. The van der Waals surface area contributed by atoms with Crippen LogP contribution in [-0.2, 0) is 6.54 Å². The number of aromatic nitrogens is 1. The van der Waals surface area contributed by atoms with Crippen molar-refractivity contribution in [3.05, 3.63) is 16.1 Å². The molecule has 2 amide bonds. The Morgan fingerprint density at radius 2 is 2.22 bits per heavy atom. The smallest absolute Gasteiger partial charge is 0.315 e. The fourth-order valence-electron chi connectivity index (χ4n) is 2.11. The zero-order valence-electron chi connectivity index (χ0n) is 10.5. The molecule has 2 rings (SSSR count). The highest BCUT2D eigenvalue weighted by Gasteiger charge is 2.20. The van der Waals surface area contributed by atoms with Crippen molar-refractivity contribution in [1.82, 2.24) is 15.6 Å². The summed E-state index contributed by atoms with van der Waals surface area (Å²) in [5.41, 5.74) is 0. The van der Waals surface area contributed by atoms with Gasteiger partial charge in [-0.3, -0.25) is 0 Å². The molecule has 0 atom stereocenters. The number of carbonyl (C=O) groups excluding carboxylic acids is 1. The van der Waals surface area contributed by atoms with E-state index in [0.717, 1.165) is 35.6 Å². The first-order valence-electron chi connectivity index (χ1n) is 6.27. The Bertz CT molecular complexity index is 400. The Morgan fingerprint density at radius 1 is 1.50 bits per heavy atom. The molecule has 0 radical (unpaired) electrons. The molecule has 18 heavy (non-hydrogen) atoms. The van der Waals surface area contributed by atoms with Crippen LogP contribution in [0.5, 0.6) is 0 Å². The second-order valence-corrected chi connectivity index (χ2v) is 6.00. The molecule has 1 fully saturated rings. The summed E-state index contributed by atoms with van der Waals surface area (Å²) >= 11 is 1.59. The van der Waals surface area contributed by atoms with Gasteiger partial charge in [-0.1, -0.05) is 0 Å². The Balaban J connectivity index is 1.69. The summed E-state index contributed by atoms with van der Waals surface area (Å²) in [5, 5.41) is 16.2. The zero-order chi connectivity index (χ0) is 13.0. The number of amides is 2.